The van der Waals surface area contributed by atoms with Crippen molar-refractivity contribution in [2.75, 3.05) is 0 Å². The molecule has 1 atom stereocenters. The number of hydrogen-bond acceptors (Lipinski definition) is 3. The van der Waals surface area contributed by atoms with Crippen molar-refractivity contribution in [3.05, 3.63) is 69.9 Å². The molecule has 1 heterocycles. The van der Waals surface area contributed by atoms with E-state index in [9.17, 15) is 4.79 Å². The molecule has 0 bridgehead atoms. The first-order valence-corrected chi connectivity index (χ1v) is 6.95. The van der Waals surface area contributed by atoms with Crippen molar-refractivity contribution < 1.29 is 4.42 Å². The average Bonchev–Trinajstić information content (AvgIpc) is 2.48. The molecule has 3 aromatic rings. The monoisotopic (exact) mass is 279 g/mol. The Balaban J connectivity index is 2.35. The molecule has 0 amide bonds. The first kappa shape index (κ1) is 13.6. The summed E-state index contributed by atoms with van der Waals surface area (Å²) in [6, 6.07) is 14.8. The molecular weight excluding hydrogens is 262 g/mol. The van der Waals surface area contributed by atoms with E-state index in [4.69, 9.17) is 10.2 Å². The Morgan fingerprint density at radius 2 is 1.81 bits per heavy atom. The first-order chi connectivity index (χ1) is 10.1. The third-order valence-electron chi connectivity index (χ3n) is 3.55. The van der Waals surface area contributed by atoms with Gasteiger partial charge < -0.3 is 10.2 Å². The molecule has 3 nitrogen and oxygen atoms in total. The summed E-state index contributed by atoms with van der Waals surface area (Å²) in [5, 5.41) is 0.585. The molecule has 0 radical (unpaired) electrons. The molecule has 0 aliphatic carbocycles. The van der Waals surface area contributed by atoms with Crippen molar-refractivity contribution in [1.29, 1.82) is 0 Å². The highest BCUT2D eigenvalue weighted by Gasteiger charge is 2.13. The predicted octanol–water partition coefficient (Wildman–Crippen LogP) is 3.79. The van der Waals surface area contributed by atoms with Gasteiger partial charge in [0.2, 0.25) is 0 Å². The van der Waals surface area contributed by atoms with Gasteiger partial charge in [0.15, 0.2) is 5.43 Å². The lowest BCUT2D eigenvalue weighted by atomic mass is 10.0. The van der Waals surface area contributed by atoms with Crippen LogP contribution in [-0.2, 0) is 0 Å². The zero-order valence-corrected chi connectivity index (χ0v) is 12.1. The van der Waals surface area contributed by atoms with Crippen LogP contribution in [0.1, 0.15) is 24.1 Å². The van der Waals surface area contributed by atoms with Crippen LogP contribution in [0.4, 0.5) is 0 Å². The summed E-state index contributed by atoms with van der Waals surface area (Å²) in [4.78, 5) is 12.4. The number of hydrogen-bond donors (Lipinski definition) is 1. The van der Waals surface area contributed by atoms with E-state index in [0.29, 0.717) is 16.7 Å². The van der Waals surface area contributed by atoms with E-state index in [1.165, 1.54) is 0 Å². The van der Waals surface area contributed by atoms with E-state index in [1.54, 1.807) is 6.07 Å². The lowest BCUT2D eigenvalue weighted by Gasteiger charge is -2.11. The van der Waals surface area contributed by atoms with E-state index >= 15 is 0 Å². The Labute approximate surface area is 123 Å². The molecule has 1 aromatic heterocycles. The summed E-state index contributed by atoms with van der Waals surface area (Å²) in [7, 11) is 0. The Hall–Kier alpha value is -2.39. The maximum absolute atomic E-state index is 12.4. The fourth-order valence-electron chi connectivity index (χ4n) is 2.52. The van der Waals surface area contributed by atoms with Crippen LogP contribution in [-0.4, -0.2) is 0 Å². The standard InChI is InChI=1S/C18H17NO2/c1-11-8-14(12(2)19)18-15(9-11)16(20)10-17(21-18)13-6-4-3-5-7-13/h3-10,12H,19H2,1-2H3/t12-/m1/s1. The summed E-state index contributed by atoms with van der Waals surface area (Å²) in [6.45, 7) is 3.85. The summed E-state index contributed by atoms with van der Waals surface area (Å²) >= 11 is 0. The van der Waals surface area contributed by atoms with Crippen LogP contribution >= 0.6 is 0 Å². The third kappa shape index (κ3) is 2.48. The summed E-state index contributed by atoms with van der Waals surface area (Å²) < 4.78 is 6.00. The second kappa shape index (κ2) is 5.19. The van der Waals surface area contributed by atoms with E-state index in [-0.39, 0.29) is 11.5 Å². The van der Waals surface area contributed by atoms with E-state index < -0.39 is 0 Å². The summed E-state index contributed by atoms with van der Waals surface area (Å²) in [5.74, 6) is 0.568. The van der Waals surface area contributed by atoms with Gasteiger partial charge in [0.25, 0.3) is 0 Å². The molecule has 3 heteroatoms. The lowest BCUT2D eigenvalue weighted by Crippen LogP contribution is -2.09. The van der Waals surface area contributed by atoms with Crippen LogP contribution < -0.4 is 11.2 Å². The summed E-state index contributed by atoms with van der Waals surface area (Å²) in [5.41, 5.74) is 9.32. The number of rotatable bonds is 2. The summed E-state index contributed by atoms with van der Waals surface area (Å²) in [6.07, 6.45) is 0. The van der Waals surface area contributed by atoms with Gasteiger partial charge in [-0.05, 0) is 25.5 Å². The number of fused-ring (bicyclic) bond motifs is 1. The average molecular weight is 279 g/mol. The van der Waals surface area contributed by atoms with E-state index in [1.807, 2.05) is 56.3 Å². The Bertz CT molecular complexity index is 848. The van der Waals surface area contributed by atoms with Crippen molar-refractivity contribution in [1.82, 2.24) is 0 Å². The molecule has 0 aliphatic rings. The molecule has 0 spiro atoms. The number of aryl methyl sites for hydroxylation is 1. The zero-order chi connectivity index (χ0) is 15.0. The van der Waals surface area contributed by atoms with Gasteiger partial charge in [0, 0.05) is 23.2 Å². The highest BCUT2D eigenvalue weighted by atomic mass is 16.3. The topological polar surface area (TPSA) is 56.2 Å². The van der Waals surface area contributed by atoms with Crippen molar-refractivity contribution in [3.63, 3.8) is 0 Å². The van der Waals surface area contributed by atoms with E-state index in [0.717, 1.165) is 16.7 Å². The molecule has 106 valence electrons. The van der Waals surface area contributed by atoms with E-state index in [2.05, 4.69) is 0 Å². The van der Waals surface area contributed by atoms with Crippen LogP contribution in [0.3, 0.4) is 0 Å². The Kier molecular flexibility index (Phi) is 3.35. The van der Waals surface area contributed by atoms with Gasteiger partial charge in [-0.15, -0.1) is 0 Å². The molecule has 2 N–H and O–H groups in total. The minimum Gasteiger partial charge on any atom is -0.455 e. The molecule has 0 saturated heterocycles. The molecule has 3 rings (SSSR count). The lowest BCUT2D eigenvalue weighted by molar-refractivity contribution is 0.608. The van der Waals surface area contributed by atoms with Crippen LogP contribution in [0.2, 0.25) is 0 Å². The number of nitrogens with two attached hydrogens (primary N) is 1. The van der Waals surface area contributed by atoms with Crippen molar-refractivity contribution in [3.8, 4) is 11.3 Å². The van der Waals surface area contributed by atoms with Crippen LogP contribution in [0, 0.1) is 6.92 Å². The maximum atomic E-state index is 12.4. The molecule has 0 fully saturated rings. The van der Waals surface area contributed by atoms with Gasteiger partial charge in [-0.25, -0.2) is 0 Å². The van der Waals surface area contributed by atoms with Crippen molar-refractivity contribution in [2.24, 2.45) is 5.73 Å². The highest BCUT2D eigenvalue weighted by Crippen LogP contribution is 2.27. The van der Waals surface area contributed by atoms with Crippen LogP contribution in [0.5, 0.6) is 0 Å². The fraction of sp³-hybridized carbons (Fsp3) is 0.167. The smallest absolute Gasteiger partial charge is 0.193 e. The van der Waals surface area contributed by atoms with Crippen LogP contribution in [0.15, 0.2) is 57.7 Å². The van der Waals surface area contributed by atoms with Gasteiger partial charge in [0.1, 0.15) is 11.3 Å². The van der Waals surface area contributed by atoms with Gasteiger partial charge >= 0.3 is 0 Å². The molecular formula is C18H17NO2. The predicted molar refractivity (Wildman–Crippen MR) is 85.3 cm³/mol. The van der Waals surface area contributed by atoms with Gasteiger partial charge in [-0.2, -0.15) is 0 Å². The quantitative estimate of drug-likeness (QED) is 0.776. The maximum Gasteiger partial charge on any atom is 0.193 e. The number of benzene rings is 2. The zero-order valence-electron chi connectivity index (χ0n) is 12.1. The fourth-order valence-corrected chi connectivity index (χ4v) is 2.52. The van der Waals surface area contributed by atoms with Gasteiger partial charge in [-0.3, -0.25) is 4.79 Å². The molecule has 0 unspecified atom stereocenters. The van der Waals surface area contributed by atoms with Crippen molar-refractivity contribution in [2.45, 2.75) is 19.9 Å². The third-order valence-corrected chi connectivity index (χ3v) is 3.55. The molecule has 2 aromatic carbocycles. The SMILES string of the molecule is Cc1cc([C@@H](C)N)c2oc(-c3ccccc3)cc(=O)c2c1. The second-order valence-corrected chi connectivity index (χ2v) is 5.36. The highest BCUT2D eigenvalue weighted by molar-refractivity contribution is 5.82. The largest absolute Gasteiger partial charge is 0.455 e. The molecule has 0 aliphatic heterocycles. The van der Waals surface area contributed by atoms with Gasteiger partial charge in [-0.1, -0.05) is 36.4 Å². The Morgan fingerprint density at radius 1 is 1.10 bits per heavy atom. The first-order valence-electron chi connectivity index (χ1n) is 6.95. The van der Waals surface area contributed by atoms with Gasteiger partial charge in [0.05, 0.1) is 5.39 Å². The van der Waals surface area contributed by atoms with Crippen molar-refractivity contribution >= 4 is 11.0 Å². The normalized spacial score (nSPS) is 12.5. The minimum atomic E-state index is -0.193. The molecule has 0 saturated carbocycles. The molecule has 21 heavy (non-hydrogen) atoms. The minimum absolute atomic E-state index is 0.0410. The second-order valence-electron chi connectivity index (χ2n) is 5.36. The van der Waals surface area contributed by atoms with Crippen LogP contribution in [0.25, 0.3) is 22.3 Å². The Morgan fingerprint density at radius 3 is 2.48 bits per heavy atom.